The Hall–Kier alpha value is -3.66. The first kappa shape index (κ1) is 17.7. The van der Waals surface area contributed by atoms with E-state index in [1.54, 1.807) is 12.1 Å². The highest BCUT2D eigenvalue weighted by molar-refractivity contribution is 5.57. The van der Waals surface area contributed by atoms with Gasteiger partial charge in [-0.3, -0.25) is 4.79 Å². The van der Waals surface area contributed by atoms with Gasteiger partial charge < -0.3 is 4.74 Å². The van der Waals surface area contributed by atoms with Gasteiger partial charge in [0.15, 0.2) is 0 Å². The zero-order chi connectivity index (χ0) is 19.2. The van der Waals surface area contributed by atoms with Gasteiger partial charge in [0.05, 0.1) is 12.2 Å². The zero-order valence-electron chi connectivity index (χ0n) is 15.4. The first-order chi connectivity index (χ1) is 13.8. The Balaban J connectivity index is 1.46. The lowest BCUT2D eigenvalue weighted by Crippen LogP contribution is -2.22. The van der Waals surface area contributed by atoms with E-state index in [0.717, 1.165) is 28.1 Å². The summed E-state index contributed by atoms with van der Waals surface area (Å²) in [7, 11) is 0. The lowest BCUT2D eigenvalue weighted by molar-refractivity contribution is 0.306. The fraction of sp³-hybridized carbons (Fsp3) is 0.0833. The van der Waals surface area contributed by atoms with E-state index < -0.39 is 0 Å². The monoisotopic (exact) mass is 368 g/mol. The molecule has 0 aliphatic rings. The van der Waals surface area contributed by atoms with E-state index in [1.807, 2.05) is 84.9 Å². The summed E-state index contributed by atoms with van der Waals surface area (Å²) in [6.07, 6.45) is 0. The van der Waals surface area contributed by atoms with Gasteiger partial charge in [-0.25, -0.2) is 4.68 Å². The molecule has 4 heteroatoms. The van der Waals surface area contributed by atoms with Gasteiger partial charge in [-0.1, -0.05) is 72.8 Å². The number of hydrogen-bond donors (Lipinski definition) is 0. The molecule has 0 amide bonds. The second-order valence-electron chi connectivity index (χ2n) is 6.50. The zero-order valence-corrected chi connectivity index (χ0v) is 15.4. The van der Waals surface area contributed by atoms with Crippen molar-refractivity contribution in [3.05, 3.63) is 119 Å². The van der Waals surface area contributed by atoms with Gasteiger partial charge in [0, 0.05) is 11.6 Å². The van der Waals surface area contributed by atoms with Crippen LogP contribution in [0.3, 0.4) is 0 Å². The van der Waals surface area contributed by atoms with E-state index in [-0.39, 0.29) is 5.56 Å². The van der Waals surface area contributed by atoms with E-state index in [9.17, 15) is 4.79 Å². The molecule has 1 heterocycles. The minimum absolute atomic E-state index is 0.121. The molecule has 4 rings (SSSR count). The van der Waals surface area contributed by atoms with E-state index in [4.69, 9.17) is 4.74 Å². The molecule has 0 spiro atoms. The van der Waals surface area contributed by atoms with Crippen molar-refractivity contribution in [1.29, 1.82) is 0 Å². The van der Waals surface area contributed by atoms with Crippen LogP contribution in [0.15, 0.2) is 102 Å². The standard InChI is InChI=1S/C24H20N2O2/c27-24-16-15-23(21-9-5-2-6-10-21)25-26(24)17-19-11-13-22(14-12-19)28-18-20-7-3-1-4-8-20/h1-16H,17-18H2. The largest absolute Gasteiger partial charge is 0.489 e. The number of rotatable bonds is 6. The highest BCUT2D eigenvalue weighted by Crippen LogP contribution is 2.16. The summed E-state index contributed by atoms with van der Waals surface area (Å²) in [5, 5.41) is 4.51. The first-order valence-corrected chi connectivity index (χ1v) is 9.17. The molecule has 0 N–H and O–H groups in total. The number of nitrogens with zero attached hydrogens (tertiary/aromatic N) is 2. The van der Waals surface area contributed by atoms with E-state index in [1.165, 1.54) is 4.68 Å². The van der Waals surface area contributed by atoms with Crippen molar-refractivity contribution >= 4 is 0 Å². The van der Waals surface area contributed by atoms with Crippen LogP contribution < -0.4 is 10.3 Å². The Morgan fingerprint density at radius 3 is 2.11 bits per heavy atom. The van der Waals surface area contributed by atoms with Crippen LogP contribution in [0.5, 0.6) is 5.75 Å². The summed E-state index contributed by atoms with van der Waals surface area (Å²) in [5.74, 6) is 0.797. The highest BCUT2D eigenvalue weighted by atomic mass is 16.5. The smallest absolute Gasteiger partial charge is 0.267 e. The molecule has 0 saturated heterocycles. The summed E-state index contributed by atoms with van der Waals surface area (Å²) in [6.45, 7) is 0.943. The van der Waals surface area contributed by atoms with Crippen LogP contribution >= 0.6 is 0 Å². The molecule has 0 radical (unpaired) electrons. The third-order valence-corrected chi connectivity index (χ3v) is 4.44. The second kappa shape index (κ2) is 8.35. The summed E-state index contributed by atoms with van der Waals surface area (Å²) < 4.78 is 7.30. The van der Waals surface area contributed by atoms with E-state index in [2.05, 4.69) is 5.10 Å². The van der Waals surface area contributed by atoms with Crippen LogP contribution in [0, 0.1) is 0 Å². The maximum absolute atomic E-state index is 12.2. The molecule has 3 aromatic carbocycles. The SMILES string of the molecule is O=c1ccc(-c2ccccc2)nn1Cc1ccc(OCc2ccccc2)cc1. The average Bonchev–Trinajstić information content (AvgIpc) is 2.76. The number of benzene rings is 3. The van der Waals surface area contributed by atoms with Crippen LogP contribution in [0.1, 0.15) is 11.1 Å². The third-order valence-electron chi connectivity index (χ3n) is 4.44. The molecule has 4 aromatic rings. The topological polar surface area (TPSA) is 44.1 Å². The molecule has 0 bridgehead atoms. The molecule has 138 valence electrons. The van der Waals surface area contributed by atoms with Crippen LogP contribution in [0.4, 0.5) is 0 Å². The number of hydrogen-bond acceptors (Lipinski definition) is 3. The van der Waals surface area contributed by atoms with Crippen molar-refractivity contribution < 1.29 is 4.74 Å². The first-order valence-electron chi connectivity index (χ1n) is 9.17. The third kappa shape index (κ3) is 4.35. The number of aromatic nitrogens is 2. The van der Waals surface area contributed by atoms with Crippen LogP contribution in [-0.4, -0.2) is 9.78 Å². The predicted octanol–water partition coefficient (Wildman–Crippen LogP) is 4.54. The van der Waals surface area contributed by atoms with Gasteiger partial charge in [0.2, 0.25) is 0 Å². The van der Waals surface area contributed by atoms with E-state index >= 15 is 0 Å². The fourth-order valence-corrected chi connectivity index (χ4v) is 2.93. The fourth-order valence-electron chi connectivity index (χ4n) is 2.93. The van der Waals surface area contributed by atoms with Crippen molar-refractivity contribution in [2.45, 2.75) is 13.2 Å². The predicted molar refractivity (Wildman–Crippen MR) is 110 cm³/mol. The van der Waals surface area contributed by atoms with Crippen molar-refractivity contribution in [1.82, 2.24) is 9.78 Å². The van der Waals surface area contributed by atoms with Gasteiger partial charge in [-0.2, -0.15) is 5.10 Å². The van der Waals surface area contributed by atoms with Crippen molar-refractivity contribution in [3.63, 3.8) is 0 Å². The summed E-state index contributed by atoms with van der Waals surface area (Å²) in [5.41, 5.74) is 3.76. The number of ether oxygens (including phenoxy) is 1. The molecule has 0 unspecified atom stereocenters. The molecule has 0 fully saturated rings. The second-order valence-corrected chi connectivity index (χ2v) is 6.50. The Bertz CT molecular complexity index is 1090. The summed E-state index contributed by atoms with van der Waals surface area (Å²) in [4.78, 5) is 12.2. The van der Waals surface area contributed by atoms with Gasteiger partial charge in [-0.15, -0.1) is 0 Å². The molecule has 4 nitrogen and oxygen atoms in total. The normalized spacial score (nSPS) is 10.6. The van der Waals surface area contributed by atoms with E-state index in [0.29, 0.717) is 13.2 Å². The molecule has 28 heavy (non-hydrogen) atoms. The quantitative estimate of drug-likeness (QED) is 0.502. The average molecular weight is 368 g/mol. The molecule has 0 atom stereocenters. The lowest BCUT2D eigenvalue weighted by Gasteiger charge is -2.09. The van der Waals surface area contributed by atoms with Crippen LogP contribution in [0.25, 0.3) is 11.3 Å². The minimum Gasteiger partial charge on any atom is -0.489 e. The lowest BCUT2D eigenvalue weighted by atomic mass is 10.1. The van der Waals surface area contributed by atoms with Gasteiger partial charge in [0.1, 0.15) is 12.4 Å². The molecule has 0 saturated carbocycles. The summed E-state index contributed by atoms with van der Waals surface area (Å²) >= 11 is 0. The van der Waals surface area contributed by atoms with Crippen LogP contribution in [0.2, 0.25) is 0 Å². The van der Waals surface area contributed by atoms with Gasteiger partial charge in [0.25, 0.3) is 5.56 Å². The molecule has 1 aromatic heterocycles. The Labute approximate surface area is 163 Å². The Morgan fingerprint density at radius 1 is 0.714 bits per heavy atom. The van der Waals surface area contributed by atoms with Crippen molar-refractivity contribution in [2.24, 2.45) is 0 Å². The van der Waals surface area contributed by atoms with Crippen LogP contribution in [-0.2, 0) is 13.2 Å². The minimum atomic E-state index is -0.121. The molecular formula is C24H20N2O2. The maximum atomic E-state index is 12.2. The Kier molecular flexibility index (Phi) is 5.29. The summed E-state index contributed by atoms with van der Waals surface area (Å²) in [6, 6.07) is 31.0. The molecule has 0 aliphatic heterocycles. The van der Waals surface area contributed by atoms with Gasteiger partial charge >= 0.3 is 0 Å². The Morgan fingerprint density at radius 2 is 1.39 bits per heavy atom. The molecule has 0 aliphatic carbocycles. The van der Waals surface area contributed by atoms with Crippen molar-refractivity contribution in [2.75, 3.05) is 0 Å². The maximum Gasteiger partial charge on any atom is 0.267 e. The van der Waals surface area contributed by atoms with Gasteiger partial charge in [-0.05, 0) is 29.3 Å². The molecular weight excluding hydrogens is 348 g/mol. The highest BCUT2D eigenvalue weighted by Gasteiger charge is 2.05. The van der Waals surface area contributed by atoms with Crippen molar-refractivity contribution in [3.8, 4) is 17.0 Å².